The largest absolute Gasteiger partial charge is 0.546 e. The fraction of sp³-hybridized carbons (Fsp3) is 0.167. The van der Waals surface area contributed by atoms with Crippen molar-refractivity contribution in [3.05, 3.63) is 89.5 Å². The molecule has 0 radical (unpaired) electrons. The number of carbonyl (C=O) groups is 2. The number of hydrogen-bond donors (Lipinski definition) is 1. The Balaban J connectivity index is 1.81. The summed E-state index contributed by atoms with van der Waals surface area (Å²) in [4.78, 5) is 26.0. The van der Waals surface area contributed by atoms with Crippen LogP contribution >= 0.6 is 0 Å². The number of aliphatic carboxylic acids is 1. The molecule has 0 aliphatic carbocycles. The van der Waals surface area contributed by atoms with Gasteiger partial charge in [-0.2, -0.15) is 0 Å². The molecule has 3 aromatic carbocycles. The van der Waals surface area contributed by atoms with E-state index in [0.29, 0.717) is 22.6 Å². The smallest absolute Gasteiger partial charge is 0.262 e. The minimum absolute atomic E-state index is 0.145. The van der Waals surface area contributed by atoms with Crippen molar-refractivity contribution in [3.63, 3.8) is 0 Å². The van der Waals surface area contributed by atoms with Crippen LogP contribution in [0.5, 0.6) is 5.75 Å². The van der Waals surface area contributed by atoms with Crippen LogP contribution in [0.15, 0.2) is 72.8 Å². The first-order valence-electron chi connectivity index (χ1n) is 9.78. The lowest BCUT2D eigenvalue weighted by molar-refractivity contribution is -0.307. The monoisotopic (exact) mass is 401 g/mol. The number of amides is 1. The van der Waals surface area contributed by atoms with E-state index in [2.05, 4.69) is 12.2 Å². The molecule has 6 heteroatoms. The Morgan fingerprint density at radius 1 is 1.03 bits per heavy atom. The van der Waals surface area contributed by atoms with E-state index in [4.69, 9.17) is 4.74 Å². The third-order valence-corrected chi connectivity index (χ3v) is 5.11. The zero-order valence-corrected chi connectivity index (χ0v) is 16.5. The van der Waals surface area contributed by atoms with Gasteiger partial charge in [-0.15, -0.1) is 0 Å². The van der Waals surface area contributed by atoms with Crippen molar-refractivity contribution in [2.24, 2.45) is 0 Å². The molecule has 1 N–H and O–H groups in total. The zero-order chi connectivity index (χ0) is 21.1. The molecule has 0 unspecified atom stereocenters. The lowest BCUT2D eigenvalue weighted by atomic mass is 10.0. The maximum Gasteiger partial charge on any atom is 0.262 e. The number of carbonyl (C=O) groups excluding carboxylic acids is 2. The van der Waals surface area contributed by atoms with E-state index >= 15 is 0 Å². The van der Waals surface area contributed by atoms with Gasteiger partial charge in [0.15, 0.2) is 0 Å². The van der Waals surface area contributed by atoms with E-state index in [1.54, 1.807) is 23.1 Å². The number of aryl methyl sites for hydroxylation is 1. The second-order valence-corrected chi connectivity index (χ2v) is 6.99. The third-order valence-electron chi connectivity index (χ3n) is 5.11. The van der Waals surface area contributed by atoms with Gasteiger partial charge in [-0.1, -0.05) is 49.4 Å². The van der Waals surface area contributed by atoms with Crippen molar-refractivity contribution in [2.75, 3.05) is 16.8 Å². The van der Waals surface area contributed by atoms with Gasteiger partial charge in [-0.05, 0) is 42.3 Å². The molecular formula is C24H21N2O4-. The molecule has 1 atom stereocenters. The summed E-state index contributed by atoms with van der Waals surface area (Å²) < 4.78 is 5.46. The number of rotatable bonds is 6. The van der Waals surface area contributed by atoms with Gasteiger partial charge in [0.2, 0.25) is 0 Å². The molecule has 0 saturated heterocycles. The van der Waals surface area contributed by atoms with E-state index in [1.165, 1.54) is 5.56 Å². The van der Waals surface area contributed by atoms with E-state index < -0.39 is 18.7 Å². The number of ether oxygens (including phenoxy) is 1. The van der Waals surface area contributed by atoms with E-state index in [1.807, 2.05) is 54.6 Å². The molecule has 3 aromatic rings. The van der Waals surface area contributed by atoms with E-state index in [0.717, 1.165) is 12.1 Å². The molecule has 1 heterocycles. The quantitative estimate of drug-likeness (QED) is 0.686. The molecule has 1 aliphatic rings. The van der Waals surface area contributed by atoms with Crippen molar-refractivity contribution in [3.8, 4) is 5.75 Å². The van der Waals surface area contributed by atoms with Crippen molar-refractivity contribution in [1.82, 2.24) is 0 Å². The number of anilines is 2. The standard InChI is InChI=1S/C24H22N2O4/c1-2-16-11-13-17(14-12-16)26-23(25-20-9-5-3-7-18(20)24(26)29)19-8-4-6-10-21(19)30-15-22(27)28/h3-14,23,25H,2,15H2,1H3,(H,27,28)/p-1/t23-/m0/s1. The number of benzene rings is 3. The van der Waals surface area contributed by atoms with Crippen molar-refractivity contribution < 1.29 is 19.4 Å². The summed E-state index contributed by atoms with van der Waals surface area (Å²) in [6.45, 7) is 1.51. The van der Waals surface area contributed by atoms with Crippen LogP contribution in [-0.4, -0.2) is 18.5 Å². The topological polar surface area (TPSA) is 81.7 Å². The molecule has 6 nitrogen and oxygen atoms in total. The van der Waals surface area contributed by atoms with Gasteiger partial charge < -0.3 is 20.0 Å². The number of carboxylic acids is 1. The molecule has 152 valence electrons. The number of hydrogen-bond acceptors (Lipinski definition) is 5. The molecule has 0 bridgehead atoms. The van der Waals surface area contributed by atoms with Gasteiger partial charge in [0, 0.05) is 16.9 Å². The summed E-state index contributed by atoms with van der Waals surface area (Å²) in [7, 11) is 0. The molecule has 0 saturated carbocycles. The van der Waals surface area contributed by atoms with Gasteiger partial charge in [0.1, 0.15) is 18.5 Å². The van der Waals surface area contributed by atoms with Gasteiger partial charge in [0.25, 0.3) is 5.91 Å². The zero-order valence-electron chi connectivity index (χ0n) is 16.5. The van der Waals surface area contributed by atoms with Gasteiger partial charge in [-0.25, -0.2) is 0 Å². The summed E-state index contributed by atoms with van der Waals surface area (Å²) in [6, 6.07) is 22.2. The Hall–Kier alpha value is -3.80. The van der Waals surface area contributed by atoms with E-state index in [-0.39, 0.29) is 5.91 Å². The maximum atomic E-state index is 13.5. The molecule has 0 aromatic heterocycles. The average Bonchev–Trinajstić information content (AvgIpc) is 2.78. The highest BCUT2D eigenvalue weighted by atomic mass is 16.5. The second-order valence-electron chi connectivity index (χ2n) is 6.99. The first kappa shape index (κ1) is 19.5. The van der Waals surface area contributed by atoms with Gasteiger partial charge in [0.05, 0.1) is 11.5 Å². The fourth-order valence-electron chi connectivity index (χ4n) is 3.60. The van der Waals surface area contributed by atoms with Crippen LogP contribution in [0.1, 0.15) is 34.6 Å². The van der Waals surface area contributed by atoms with Crippen LogP contribution in [0.25, 0.3) is 0 Å². The molecule has 0 fully saturated rings. The average molecular weight is 401 g/mol. The highest BCUT2D eigenvalue weighted by Crippen LogP contribution is 2.39. The van der Waals surface area contributed by atoms with Crippen molar-refractivity contribution in [2.45, 2.75) is 19.5 Å². The SMILES string of the molecule is CCc1ccc(N2C(=O)c3ccccc3N[C@@H]2c2ccccc2OCC(=O)[O-])cc1. The molecule has 30 heavy (non-hydrogen) atoms. The van der Waals surface area contributed by atoms with Crippen LogP contribution in [-0.2, 0) is 11.2 Å². The Bertz CT molecular complexity index is 1080. The van der Waals surface area contributed by atoms with Crippen LogP contribution in [0, 0.1) is 0 Å². The number of fused-ring (bicyclic) bond motifs is 1. The molecule has 0 spiro atoms. The summed E-state index contributed by atoms with van der Waals surface area (Å²) in [5, 5.41) is 14.3. The fourth-order valence-corrected chi connectivity index (χ4v) is 3.60. The maximum absolute atomic E-state index is 13.5. The first-order chi connectivity index (χ1) is 14.6. The highest BCUT2D eigenvalue weighted by molar-refractivity contribution is 6.12. The van der Waals surface area contributed by atoms with Crippen LogP contribution in [0.2, 0.25) is 0 Å². The predicted octanol–water partition coefficient (Wildman–Crippen LogP) is 3.15. The third kappa shape index (κ3) is 3.72. The Morgan fingerprint density at radius 3 is 2.47 bits per heavy atom. The minimum Gasteiger partial charge on any atom is -0.546 e. The van der Waals surface area contributed by atoms with Crippen LogP contribution in [0.3, 0.4) is 0 Å². The van der Waals surface area contributed by atoms with Crippen molar-refractivity contribution in [1.29, 1.82) is 0 Å². The molecule has 1 aliphatic heterocycles. The van der Waals surface area contributed by atoms with Crippen LogP contribution in [0.4, 0.5) is 11.4 Å². The summed E-state index contributed by atoms with van der Waals surface area (Å²) >= 11 is 0. The van der Waals surface area contributed by atoms with Crippen LogP contribution < -0.4 is 20.1 Å². The number of nitrogens with zero attached hydrogens (tertiary/aromatic N) is 1. The number of nitrogens with one attached hydrogen (secondary N) is 1. The van der Waals surface area contributed by atoms with Gasteiger partial charge in [-0.3, -0.25) is 9.69 Å². The second kappa shape index (κ2) is 8.29. The number of para-hydroxylation sites is 2. The molecular weight excluding hydrogens is 380 g/mol. The normalized spacial score (nSPS) is 15.3. The van der Waals surface area contributed by atoms with Crippen molar-refractivity contribution >= 4 is 23.3 Å². The summed E-state index contributed by atoms with van der Waals surface area (Å²) in [6.07, 6.45) is 0.330. The lowest BCUT2D eigenvalue weighted by Crippen LogP contribution is -2.43. The molecule has 1 amide bonds. The highest BCUT2D eigenvalue weighted by Gasteiger charge is 2.35. The minimum atomic E-state index is -1.31. The predicted molar refractivity (Wildman–Crippen MR) is 112 cm³/mol. The Labute approximate surface area is 174 Å². The number of carboxylic acid groups (broad SMARTS) is 1. The van der Waals surface area contributed by atoms with E-state index in [9.17, 15) is 14.7 Å². The summed E-state index contributed by atoms with van der Waals surface area (Å²) in [5.41, 5.74) is 3.84. The first-order valence-corrected chi connectivity index (χ1v) is 9.78. The lowest BCUT2D eigenvalue weighted by Gasteiger charge is -2.38. The molecule has 4 rings (SSSR count). The van der Waals surface area contributed by atoms with Gasteiger partial charge >= 0.3 is 0 Å². The Kier molecular flexibility index (Phi) is 5.39. The Morgan fingerprint density at radius 2 is 1.73 bits per heavy atom. The summed E-state index contributed by atoms with van der Waals surface area (Å²) in [5.74, 6) is -1.08.